The second-order valence-electron chi connectivity index (χ2n) is 6.88. The van der Waals surface area contributed by atoms with Crippen molar-refractivity contribution in [3.8, 4) is 0 Å². The number of carbonyl (C=O) groups is 2. The minimum absolute atomic E-state index is 0.00486. The van der Waals surface area contributed by atoms with Gasteiger partial charge in [0, 0.05) is 39.8 Å². The normalized spacial score (nSPS) is 15.2. The van der Waals surface area contributed by atoms with E-state index in [1.165, 1.54) is 11.3 Å². The van der Waals surface area contributed by atoms with Gasteiger partial charge in [-0.05, 0) is 29.0 Å². The number of carbonyl (C=O) groups excluding carboxylic acids is 2. The number of benzene rings is 1. The van der Waals surface area contributed by atoms with Crippen LogP contribution >= 0.6 is 11.3 Å². The summed E-state index contributed by atoms with van der Waals surface area (Å²) in [5.41, 5.74) is 2.16. The van der Waals surface area contributed by atoms with E-state index in [4.69, 9.17) is 4.74 Å². The first kappa shape index (κ1) is 20.5. The Morgan fingerprint density at radius 3 is 2.64 bits per heavy atom. The fourth-order valence-corrected chi connectivity index (χ4v) is 4.06. The van der Waals surface area contributed by atoms with Gasteiger partial charge in [0.1, 0.15) is 0 Å². The predicted molar refractivity (Wildman–Crippen MR) is 110 cm³/mol. The lowest BCUT2D eigenvalue weighted by atomic mass is 10.1. The molecule has 0 radical (unpaired) electrons. The van der Waals surface area contributed by atoms with Crippen LogP contribution in [-0.4, -0.2) is 61.4 Å². The summed E-state index contributed by atoms with van der Waals surface area (Å²) in [6, 6.07) is 11.7. The molecule has 0 saturated carbocycles. The van der Waals surface area contributed by atoms with Crippen molar-refractivity contribution in [2.45, 2.75) is 19.6 Å². The van der Waals surface area contributed by atoms with E-state index in [1.54, 1.807) is 7.11 Å². The summed E-state index contributed by atoms with van der Waals surface area (Å²) in [6.45, 7) is 4.31. The first-order chi connectivity index (χ1) is 13.7. The van der Waals surface area contributed by atoms with Crippen LogP contribution in [0.1, 0.15) is 27.2 Å². The number of nitrogens with one attached hydrogen (secondary N) is 1. The van der Waals surface area contributed by atoms with Crippen molar-refractivity contribution in [3.05, 3.63) is 57.8 Å². The van der Waals surface area contributed by atoms with E-state index >= 15 is 0 Å². The third-order valence-electron chi connectivity index (χ3n) is 4.87. The van der Waals surface area contributed by atoms with E-state index in [-0.39, 0.29) is 11.8 Å². The molecule has 0 spiro atoms. The molecule has 0 unspecified atom stereocenters. The number of thiophene rings is 1. The summed E-state index contributed by atoms with van der Waals surface area (Å²) in [5, 5.41) is 4.93. The Hall–Kier alpha value is -2.22. The van der Waals surface area contributed by atoms with Crippen molar-refractivity contribution >= 4 is 23.2 Å². The molecule has 2 amide bonds. The Kier molecular flexibility index (Phi) is 7.59. The van der Waals surface area contributed by atoms with Gasteiger partial charge in [-0.1, -0.05) is 30.3 Å². The second kappa shape index (κ2) is 10.4. The van der Waals surface area contributed by atoms with Crippen molar-refractivity contribution in [3.63, 3.8) is 0 Å². The Morgan fingerprint density at radius 1 is 1.07 bits per heavy atom. The van der Waals surface area contributed by atoms with Gasteiger partial charge >= 0.3 is 0 Å². The van der Waals surface area contributed by atoms with Gasteiger partial charge in [0.25, 0.3) is 5.91 Å². The molecule has 7 heteroatoms. The van der Waals surface area contributed by atoms with Crippen molar-refractivity contribution in [2.75, 3.05) is 39.8 Å². The summed E-state index contributed by atoms with van der Waals surface area (Å²) >= 11 is 1.47. The summed E-state index contributed by atoms with van der Waals surface area (Å²) in [6.07, 6.45) is 0.876. The molecule has 0 atom stereocenters. The molecule has 1 saturated heterocycles. The van der Waals surface area contributed by atoms with Gasteiger partial charge in [0.15, 0.2) is 0 Å². The van der Waals surface area contributed by atoms with Crippen LogP contribution in [0.25, 0.3) is 0 Å². The van der Waals surface area contributed by atoms with Crippen molar-refractivity contribution in [1.29, 1.82) is 0 Å². The fourth-order valence-electron chi connectivity index (χ4n) is 3.37. The molecule has 28 heavy (non-hydrogen) atoms. The van der Waals surface area contributed by atoms with E-state index in [2.05, 4.69) is 10.2 Å². The monoisotopic (exact) mass is 401 g/mol. The lowest BCUT2D eigenvalue weighted by Crippen LogP contribution is -2.39. The zero-order valence-corrected chi connectivity index (χ0v) is 17.0. The summed E-state index contributed by atoms with van der Waals surface area (Å²) in [5.74, 6) is 0.0984. The summed E-state index contributed by atoms with van der Waals surface area (Å²) in [7, 11) is 1.67. The molecule has 3 rings (SSSR count). The van der Waals surface area contributed by atoms with Gasteiger partial charge in [-0.3, -0.25) is 14.5 Å². The number of ether oxygens (including phenoxy) is 1. The van der Waals surface area contributed by atoms with Crippen molar-refractivity contribution in [2.24, 2.45) is 0 Å². The highest BCUT2D eigenvalue weighted by Gasteiger charge is 2.21. The van der Waals surface area contributed by atoms with E-state index in [0.29, 0.717) is 32.8 Å². The minimum atomic E-state index is 0.00486. The van der Waals surface area contributed by atoms with E-state index in [9.17, 15) is 9.59 Å². The van der Waals surface area contributed by atoms with Crippen molar-refractivity contribution < 1.29 is 14.3 Å². The largest absolute Gasteiger partial charge is 0.380 e. The van der Waals surface area contributed by atoms with Gasteiger partial charge in [0.05, 0.1) is 18.0 Å². The lowest BCUT2D eigenvalue weighted by molar-refractivity contribution is -0.122. The van der Waals surface area contributed by atoms with Gasteiger partial charge in [0.2, 0.25) is 5.91 Å². The average Bonchev–Trinajstić information content (AvgIpc) is 3.14. The van der Waals surface area contributed by atoms with Gasteiger partial charge in [-0.2, -0.15) is 0 Å². The van der Waals surface area contributed by atoms with Crippen LogP contribution < -0.4 is 5.32 Å². The lowest BCUT2D eigenvalue weighted by Gasteiger charge is -2.21. The number of amides is 2. The molecule has 1 fully saturated rings. The summed E-state index contributed by atoms with van der Waals surface area (Å²) < 4.78 is 5.21. The van der Waals surface area contributed by atoms with E-state index < -0.39 is 0 Å². The van der Waals surface area contributed by atoms with Crippen LogP contribution in [0.4, 0.5) is 0 Å². The molecule has 1 aromatic heterocycles. The van der Waals surface area contributed by atoms with E-state index in [0.717, 1.165) is 35.5 Å². The SMILES string of the molecule is COCc1ccccc1CNC(=O)CN1CCCN(C(=O)c2cccs2)CC1. The van der Waals surface area contributed by atoms with Crippen LogP contribution in [0.2, 0.25) is 0 Å². The Bertz CT molecular complexity index is 779. The Balaban J connectivity index is 1.46. The topological polar surface area (TPSA) is 61.9 Å². The molecular formula is C21H27N3O3S. The summed E-state index contributed by atoms with van der Waals surface area (Å²) in [4.78, 5) is 29.7. The number of methoxy groups -OCH3 is 1. The fraction of sp³-hybridized carbons (Fsp3) is 0.429. The smallest absolute Gasteiger partial charge is 0.263 e. The molecular weight excluding hydrogens is 374 g/mol. The first-order valence-electron chi connectivity index (χ1n) is 9.55. The third kappa shape index (κ3) is 5.64. The molecule has 150 valence electrons. The van der Waals surface area contributed by atoms with Crippen LogP contribution in [0.5, 0.6) is 0 Å². The molecule has 2 heterocycles. The quantitative estimate of drug-likeness (QED) is 0.774. The zero-order chi connectivity index (χ0) is 19.8. The average molecular weight is 402 g/mol. The predicted octanol–water partition coefficient (Wildman–Crippen LogP) is 2.36. The molecule has 1 aliphatic rings. The van der Waals surface area contributed by atoms with Crippen LogP contribution in [0.3, 0.4) is 0 Å². The molecule has 2 aromatic rings. The Morgan fingerprint density at radius 2 is 1.89 bits per heavy atom. The van der Waals surface area contributed by atoms with Gasteiger partial charge < -0.3 is 15.0 Å². The van der Waals surface area contributed by atoms with Crippen LogP contribution in [0.15, 0.2) is 41.8 Å². The third-order valence-corrected chi connectivity index (χ3v) is 5.73. The highest BCUT2D eigenvalue weighted by Crippen LogP contribution is 2.14. The van der Waals surface area contributed by atoms with E-state index in [1.807, 2.05) is 46.7 Å². The maximum atomic E-state index is 12.5. The standard InChI is InChI=1S/C21H27N3O3S/c1-27-16-18-7-3-2-6-17(18)14-22-20(25)15-23-9-5-10-24(12-11-23)21(26)19-8-4-13-28-19/h2-4,6-8,13H,5,9-12,14-16H2,1H3,(H,22,25). The number of nitrogens with zero attached hydrogens (tertiary/aromatic N) is 2. The molecule has 0 bridgehead atoms. The number of hydrogen-bond acceptors (Lipinski definition) is 5. The molecule has 1 aromatic carbocycles. The maximum absolute atomic E-state index is 12.5. The molecule has 6 nitrogen and oxygen atoms in total. The number of rotatable bonds is 7. The zero-order valence-electron chi connectivity index (χ0n) is 16.2. The van der Waals surface area contributed by atoms with Crippen LogP contribution in [0, 0.1) is 0 Å². The maximum Gasteiger partial charge on any atom is 0.263 e. The highest BCUT2D eigenvalue weighted by molar-refractivity contribution is 7.12. The van der Waals surface area contributed by atoms with Crippen molar-refractivity contribution in [1.82, 2.24) is 15.1 Å². The minimum Gasteiger partial charge on any atom is -0.380 e. The van der Waals surface area contributed by atoms with Gasteiger partial charge in [-0.25, -0.2) is 0 Å². The number of hydrogen-bond donors (Lipinski definition) is 1. The molecule has 1 aliphatic heterocycles. The highest BCUT2D eigenvalue weighted by atomic mass is 32.1. The Labute approximate surface area is 170 Å². The van der Waals surface area contributed by atoms with Gasteiger partial charge in [-0.15, -0.1) is 11.3 Å². The van der Waals surface area contributed by atoms with Crippen LogP contribution in [-0.2, 0) is 22.7 Å². The molecule has 0 aliphatic carbocycles. The second-order valence-corrected chi connectivity index (χ2v) is 7.83. The first-order valence-corrected chi connectivity index (χ1v) is 10.4. The molecule has 1 N–H and O–H groups in total.